The molecule has 0 saturated carbocycles. The van der Waals surface area contributed by atoms with Crippen molar-refractivity contribution in [3.05, 3.63) is 71.2 Å². The van der Waals surface area contributed by atoms with Crippen LogP contribution >= 0.6 is 0 Å². The standard InChI is InChI=1S/C19H14FNO4/c20-12-3-5-13(6-4-12)21-16-10-25-19(24)18(16)15(9-17(21)23)11-1-7-14(22)8-2-11/h1-8,15,22H,9-10H2/t15-/m0/s1. The van der Waals surface area contributed by atoms with Gasteiger partial charge in [-0.3, -0.25) is 9.69 Å². The SMILES string of the molecule is O=C1OCC2=C1[C@H](c1ccc(O)cc1)CC(=O)N2c1ccc(F)cc1. The van der Waals surface area contributed by atoms with E-state index in [1.54, 1.807) is 12.1 Å². The lowest BCUT2D eigenvalue weighted by atomic mass is 9.84. The molecule has 0 bridgehead atoms. The number of amides is 1. The van der Waals surface area contributed by atoms with Crippen molar-refractivity contribution in [1.29, 1.82) is 0 Å². The number of rotatable bonds is 2. The number of hydrogen-bond acceptors (Lipinski definition) is 4. The third kappa shape index (κ3) is 2.55. The van der Waals surface area contributed by atoms with Gasteiger partial charge in [0.1, 0.15) is 18.2 Å². The van der Waals surface area contributed by atoms with Gasteiger partial charge in [0.25, 0.3) is 0 Å². The minimum Gasteiger partial charge on any atom is -0.508 e. The average Bonchev–Trinajstić information content (AvgIpc) is 2.98. The van der Waals surface area contributed by atoms with E-state index in [4.69, 9.17) is 4.74 Å². The molecule has 25 heavy (non-hydrogen) atoms. The topological polar surface area (TPSA) is 66.8 Å². The number of phenolic OH excluding ortho intramolecular Hbond substituents is 1. The Balaban J connectivity index is 1.81. The zero-order valence-electron chi connectivity index (χ0n) is 13.1. The number of halogens is 1. The Morgan fingerprint density at radius 3 is 2.40 bits per heavy atom. The summed E-state index contributed by atoms with van der Waals surface area (Å²) in [6.07, 6.45) is 0.0933. The smallest absolute Gasteiger partial charge is 0.336 e. The van der Waals surface area contributed by atoms with Gasteiger partial charge in [0.15, 0.2) is 0 Å². The number of cyclic esters (lactones) is 1. The van der Waals surface area contributed by atoms with Gasteiger partial charge in [-0.05, 0) is 42.0 Å². The Morgan fingerprint density at radius 1 is 1.04 bits per heavy atom. The predicted molar refractivity (Wildman–Crippen MR) is 87.3 cm³/mol. The molecule has 1 atom stereocenters. The van der Waals surface area contributed by atoms with Crippen LogP contribution in [0.5, 0.6) is 5.75 Å². The zero-order chi connectivity index (χ0) is 17.6. The van der Waals surface area contributed by atoms with Crippen molar-refractivity contribution >= 4 is 17.6 Å². The van der Waals surface area contributed by atoms with E-state index in [9.17, 15) is 19.1 Å². The number of esters is 1. The van der Waals surface area contributed by atoms with E-state index in [1.807, 2.05) is 0 Å². The van der Waals surface area contributed by atoms with Crippen LogP contribution in [0.15, 0.2) is 59.8 Å². The molecule has 0 aliphatic carbocycles. The van der Waals surface area contributed by atoms with Gasteiger partial charge in [0.2, 0.25) is 5.91 Å². The second kappa shape index (κ2) is 5.73. The molecule has 0 unspecified atom stereocenters. The maximum absolute atomic E-state index is 13.2. The van der Waals surface area contributed by atoms with E-state index in [1.165, 1.54) is 41.3 Å². The number of aromatic hydroxyl groups is 1. The molecule has 5 nitrogen and oxygen atoms in total. The molecule has 6 heteroatoms. The molecule has 0 spiro atoms. The summed E-state index contributed by atoms with van der Waals surface area (Å²) in [6, 6.07) is 12.0. The lowest BCUT2D eigenvalue weighted by Gasteiger charge is -2.31. The van der Waals surface area contributed by atoms with Crippen molar-refractivity contribution in [2.24, 2.45) is 0 Å². The van der Waals surface area contributed by atoms with Crippen LogP contribution in [-0.4, -0.2) is 23.6 Å². The molecule has 126 valence electrons. The van der Waals surface area contributed by atoms with Crippen LogP contribution in [0.4, 0.5) is 10.1 Å². The number of carbonyl (C=O) groups excluding carboxylic acids is 2. The van der Waals surface area contributed by atoms with Crippen molar-refractivity contribution in [1.82, 2.24) is 0 Å². The molecule has 2 aromatic rings. The number of nitrogens with zero attached hydrogens (tertiary/aromatic N) is 1. The summed E-state index contributed by atoms with van der Waals surface area (Å²) < 4.78 is 18.4. The van der Waals surface area contributed by atoms with Gasteiger partial charge in [0.05, 0.1) is 11.3 Å². The van der Waals surface area contributed by atoms with Crippen LogP contribution in [0.1, 0.15) is 17.9 Å². The van der Waals surface area contributed by atoms with Crippen molar-refractivity contribution in [3.63, 3.8) is 0 Å². The van der Waals surface area contributed by atoms with E-state index in [0.29, 0.717) is 17.0 Å². The number of hydrogen-bond donors (Lipinski definition) is 1. The van der Waals surface area contributed by atoms with E-state index in [0.717, 1.165) is 5.56 Å². The predicted octanol–water partition coefficient (Wildman–Crippen LogP) is 2.86. The molecule has 2 aromatic carbocycles. The summed E-state index contributed by atoms with van der Waals surface area (Å²) in [4.78, 5) is 26.5. The molecule has 4 rings (SSSR count). The van der Waals surface area contributed by atoms with Crippen molar-refractivity contribution in [2.45, 2.75) is 12.3 Å². The highest BCUT2D eigenvalue weighted by Crippen LogP contribution is 2.42. The first-order chi connectivity index (χ1) is 12.0. The molecular weight excluding hydrogens is 325 g/mol. The number of carbonyl (C=O) groups is 2. The van der Waals surface area contributed by atoms with Crippen molar-refractivity contribution < 1.29 is 23.8 Å². The highest BCUT2D eigenvalue weighted by Gasteiger charge is 2.42. The van der Waals surface area contributed by atoms with E-state index < -0.39 is 17.7 Å². The fourth-order valence-corrected chi connectivity index (χ4v) is 3.34. The largest absolute Gasteiger partial charge is 0.508 e. The Kier molecular flexibility index (Phi) is 3.53. The Morgan fingerprint density at radius 2 is 1.72 bits per heavy atom. The minimum atomic E-state index is -0.451. The molecular formula is C19H14FNO4. The molecule has 0 saturated heterocycles. The lowest BCUT2D eigenvalue weighted by Crippen LogP contribution is -2.37. The van der Waals surface area contributed by atoms with Crippen molar-refractivity contribution in [3.8, 4) is 5.75 Å². The summed E-state index contributed by atoms with van der Waals surface area (Å²) in [5.74, 6) is -1.35. The number of phenols is 1. The first-order valence-corrected chi connectivity index (χ1v) is 7.82. The van der Waals surface area contributed by atoms with Gasteiger partial charge in [0, 0.05) is 18.0 Å². The second-order valence-corrected chi connectivity index (χ2v) is 5.99. The summed E-state index contributed by atoms with van der Waals surface area (Å²) in [7, 11) is 0. The monoisotopic (exact) mass is 339 g/mol. The van der Waals surface area contributed by atoms with E-state index in [2.05, 4.69) is 0 Å². The van der Waals surface area contributed by atoms with E-state index >= 15 is 0 Å². The van der Waals surface area contributed by atoms with Gasteiger partial charge in [-0.2, -0.15) is 0 Å². The summed E-state index contributed by atoms with van der Waals surface area (Å²) in [6.45, 7) is 0.00582. The third-order valence-corrected chi connectivity index (χ3v) is 4.50. The second-order valence-electron chi connectivity index (χ2n) is 5.99. The Labute approximate surface area is 142 Å². The van der Waals surface area contributed by atoms with Gasteiger partial charge in [-0.15, -0.1) is 0 Å². The molecule has 0 radical (unpaired) electrons. The first kappa shape index (κ1) is 15.4. The molecule has 2 aliphatic heterocycles. The maximum Gasteiger partial charge on any atom is 0.336 e. The first-order valence-electron chi connectivity index (χ1n) is 7.82. The van der Waals surface area contributed by atoms with Crippen LogP contribution < -0.4 is 4.90 Å². The van der Waals surface area contributed by atoms with Gasteiger partial charge in [-0.25, -0.2) is 9.18 Å². The average molecular weight is 339 g/mol. The number of anilines is 1. The van der Waals surface area contributed by atoms with Crippen LogP contribution in [0, 0.1) is 5.82 Å². The summed E-state index contributed by atoms with van der Waals surface area (Å²) in [5.41, 5.74) is 2.19. The summed E-state index contributed by atoms with van der Waals surface area (Å²) in [5, 5.41) is 9.45. The molecule has 1 amide bonds. The third-order valence-electron chi connectivity index (χ3n) is 4.50. The Bertz CT molecular complexity index is 887. The molecule has 0 aromatic heterocycles. The minimum absolute atomic E-state index is 0.00582. The Hall–Kier alpha value is -3.15. The zero-order valence-corrected chi connectivity index (χ0v) is 13.1. The highest BCUT2D eigenvalue weighted by atomic mass is 19.1. The van der Waals surface area contributed by atoms with Crippen LogP contribution in [0.25, 0.3) is 0 Å². The highest BCUT2D eigenvalue weighted by molar-refractivity contribution is 6.06. The number of benzene rings is 2. The normalized spacial score (nSPS) is 19.9. The van der Waals surface area contributed by atoms with Gasteiger partial charge >= 0.3 is 5.97 Å². The molecule has 0 fully saturated rings. The van der Waals surface area contributed by atoms with Crippen LogP contribution in [0.2, 0.25) is 0 Å². The maximum atomic E-state index is 13.2. The molecule has 1 N–H and O–H groups in total. The lowest BCUT2D eigenvalue weighted by molar-refractivity contribution is -0.136. The number of ether oxygens (including phenoxy) is 1. The van der Waals surface area contributed by atoms with Crippen molar-refractivity contribution in [2.75, 3.05) is 11.5 Å². The van der Waals surface area contributed by atoms with Gasteiger partial charge < -0.3 is 9.84 Å². The van der Waals surface area contributed by atoms with Gasteiger partial charge in [-0.1, -0.05) is 12.1 Å². The molecule has 2 heterocycles. The van der Waals surface area contributed by atoms with Crippen LogP contribution in [0.3, 0.4) is 0 Å². The fraction of sp³-hybridized carbons (Fsp3) is 0.158. The fourth-order valence-electron chi connectivity index (χ4n) is 3.34. The van der Waals surface area contributed by atoms with E-state index in [-0.39, 0.29) is 24.7 Å². The quantitative estimate of drug-likeness (QED) is 0.855. The van der Waals surface area contributed by atoms with Crippen LogP contribution in [-0.2, 0) is 14.3 Å². The summed E-state index contributed by atoms with van der Waals surface area (Å²) >= 11 is 0. The molecule has 2 aliphatic rings.